The van der Waals surface area contributed by atoms with E-state index in [9.17, 15) is 9.90 Å². The number of aliphatic hydroxyl groups is 1. The van der Waals surface area contributed by atoms with Gasteiger partial charge in [-0.1, -0.05) is 32.4 Å². The summed E-state index contributed by atoms with van der Waals surface area (Å²) in [5.74, 6) is 0.873. The van der Waals surface area contributed by atoms with Crippen LogP contribution in [0, 0.1) is 0 Å². The van der Waals surface area contributed by atoms with Crippen molar-refractivity contribution in [1.82, 2.24) is 10.6 Å². The molecule has 0 bridgehead atoms. The quantitative estimate of drug-likeness (QED) is 0.670. The first-order valence-electron chi connectivity index (χ1n) is 9.54. The number of benzene rings is 1. The molecule has 0 heterocycles. The number of hydrogen-bond acceptors (Lipinski definition) is 3. The molecule has 0 saturated heterocycles. The second kappa shape index (κ2) is 9.66. The molecule has 1 saturated carbocycles. The maximum absolute atomic E-state index is 11.9. The normalized spacial score (nSPS) is 15.6. The Morgan fingerprint density at radius 1 is 1.20 bits per heavy atom. The highest BCUT2D eigenvalue weighted by molar-refractivity contribution is 5.73. The average molecular weight is 348 g/mol. The van der Waals surface area contributed by atoms with E-state index in [0.29, 0.717) is 25.5 Å². The molecule has 0 aromatic heterocycles. The number of urea groups is 1. The van der Waals surface area contributed by atoms with Crippen molar-refractivity contribution >= 4 is 6.03 Å². The van der Waals surface area contributed by atoms with E-state index < -0.39 is 5.60 Å². The van der Waals surface area contributed by atoms with Crippen LogP contribution in [0.25, 0.3) is 0 Å². The van der Waals surface area contributed by atoms with Gasteiger partial charge in [0.05, 0.1) is 11.7 Å². The molecule has 0 aliphatic heterocycles. The largest absolute Gasteiger partial charge is 0.490 e. The number of rotatable bonds is 8. The molecule has 1 aromatic rings. The van der Waals surface area contributed by atoms with Crippen LogP contribution in [-0.4, -0.2) is 29.4 Å². The molecule has 0 unspecified atom stereocenters. The molecule has 5 nitrogen and oxygen atoms in total. The third kappa shape index (κ3) is 6.58. The van der Waals surface area contributed by atoms with E-state index in [1.807, 2.05) is 38.1 Å². The molecule has 5 heteroatoms. The monoisotopic (exact) mass is 348 g/mol. The third-order valence-corrected chi connectivity index (χ3v) is 5.10. The van der Waals surface area contributed by atoms with Crippen molar-refractivity contribution in [1.29, 1.82) is 0 Å². The summed E-state index contributed by atoms with van der Waals surface area (Å²) in [4.78, 5) is 11.9. The lowest BCUT2D eigenvalue weighted by Gasteiger charge is -2.25. The van der Waals surface area contributed by atoms with Gasteiger partial charge in [-0.2, -0.15) is 0 Å². The Morgan fingerprint density at radius 2 is 1.92 bits per heavy atom. The van der Waals surface area contributed by atoms with Crippen LogP contribution in [0.1, 0.15) is 64.4 Å². The van der Waals surface area contributed by atoms with E-state index in [1.165, 1.54) is 19.3 Å². The first-order valence-corrected chi connectivity index (χ1v) is 9.54. The van der Waals surface area contributed by atoms with Crippen molar-refractivity contribution in [2.24, 2.45) is 0 Å². The Kier molecular flexibility index (Phi) is 7.56. The Morgan fingerprint density at radius 3 is 2.60 bits per heavy atom. The van der Waals surface area contributed by atoms with Crippen molar-refractivity contribution in [3.05, 3.63) is 29.8 Å². The van der Waals surface area contributed by atoms with Crippen molar-refractivity contribution in [2.75, 3.05) is 6.54 Å². The second-order valence-corrected chi connectivity index (χ2v) is 6.99. The SMILES string of the molecule is CCC(O)(CC)CNC(=O)NCc1cccc(OC2CCCCC2)c1. The predicted molar refractivity (Wildman–Crippen MR) is 99.7 cm³/mol. The lowest BCUT2D eigenvalue weighted by Crippen LogP contribution is -2.45. The fraction of sp³-hybridized carbons (Fsp3) is 0.650. The molecular weight excluding hydrogens is 316 g/mol. The molecule has 3 N–H and O–H groups in total. The zero-order chi connectivity index (χ0) is 18.1. The highest BCUT2D eigenvalue weighted by Crippen LogP contribution is 2.23. The molecular formula is C20H32N2O3. The van der Waals surface area contributed by atoms with Crippen LogP contribution in [0.15, 0.2) is 24.3 Å². The molecule has 0 atom stereocenters. The number of hydrogen-bond donors (Lipinski definition) is 3. The molecule has 1 fully saturated rings. The second-order valence-electron chi connectivity index (χ2n) is 6.99. The highest BCUT2D eigenvalue weighted by Gasteiger charge is 2.22. The molecule has 0 radical (unpaired) electrons. The fourth-order valence-corrected chi connectivity index (χ4v) is 3.09. The van der Waals surface area contributed by atoms with Crippen LogP contribution in [0.4, 0.5) is 4.79 Å². The van der Waals surface area contributed by atoms with Crippen LogP contribution in [0.3, 0.4) is 0 Å². The van der Waals surface area contributed by atoms with Crippen molar-refractivity contribution < 1.29 is 14.6 Å². The molecule has 0 spiro atoms. The number of carbonyl (C=O) groups is 1. The molecule has 2 rings (SSSR count). The smallest absolute Gasteiger partial charge is 0.315 e. The summed E-state index contributed by atoms with van der Waals surface area (Å²) < 4.78 is 6.06. The summed E-state index contributed by atoms with van der Waals surface area (Å²) in [5, 5.41) is 15.8. The molecule has 2 amide bonds. The van der Waals surface area contributed by atoms with Gasteiger partial charge in [0.15, 0.2) is 0 Å². The van der Waals surface area contributed by atoms with E-state index >= 15 is 0 Å². The van der Waals surface area contributed by atoms with Gasteiger partial charge >= 0.3 is 6.03 Å². The topological polar surface area (TPSA) is 70.6 Å². The Labute approximate surface area is 151 Å². The van der Waals surface area contributed by atoms with Gasteiger partial charge in [0.1, 0.15) is 5.75 Å². The number of carbonyl (C=O) groups excluding carboxylic acids is 1. The van der Waals surface area contributed by atoms with Crippen LogP contribution in [0.2, 0.25) is 0 Å². The van der Waals surface area contributed by atoms with Gasteiger partial charge in [-0.3, -0.25) is 0 Å². The van der Waals surface area contributed by atoms with Gasteiger partial charge in [0.25, 0.3) is 0 Å². The summed E-state index contributed by atoms with van der Waals surface area (Å²) in [6.45, 7) is 4.53. The minimum absolute atomic E-state index is 0.261. The van der Waals surface area contributed by atoms with E-state index in [-0.39, 0.29) is 12.6 Å². The summed E-state index contributed by atoms with van der Waals surface area (Å²) in [6, 6.07) is 7.63. The van der Waals surface area contributed by atoms with Gasteiger partial charge in [-0.25, -0.2) is 4.79 Å². The van der Waals surface area contributed by atoms with Gasteiger partial charge in [-0.15, -0.1) is 0 Å². The van der Waals surface area contributed by atoms with Gasteiger partial charge in [0.2, 0.25) is 0 Å². The summed E-state index contributed by atoms with van der Waals surface area (Å²) in [6.07, 6.45) is 7.60. The van der Waals surface area contributed by atoms with Crippen LogP contribution in [-0.2, 0) is 6.54 Å². The van der Waals surface area contributed by atoms with Crippen molar-refractivity contribution in [3.63, 3.8) is 0 Å². The first-order chi connectivity index (χ1) is 12.0. The van der Waals surface area contributed by atoms with Gasteiger partial charge < -0.3 is 20.5 Å². The average Bonchev–Trinajstić information content (AvgIpc) is 2.65. The summed E-state index contributed by atoms with van der Waals surface area (Å²) in [5.41, 5.74) is 0.176. The standard InChI is InChI=1S/C20H32N2O3/c1-3-20(24,4-2)15-22-19(23)21-14-16-9-8-12-18(13-16)25-17-10-6-5-7-11-17/h8-9,12-13,17,24H,3-7,10-11,14-15H2,1-2H3,(H2,21,22,23). The number of ether oxygens (including phenoxy) is 1. The summed E-state index contributed by atoms with van der Waals surface area (Å²) in [7, 11) is 0. The van der Waals surface area contributed by atoms with E-state index in [1.54, 1.807) is 0 Å². The van der Waals surface area contributed by atoms with E-state index in [2.05, 4.69) is 10.6 Å². The van der Waals surface area contributed by atoms with Gasteiger partial charge in [-0.05, 0) is 56.2 Å². The zero-order valence-electron chi connectivity index (χ0n) is 15.5. The fourth-order valence-electron chi connectivity index (χ4n) is 3.09. The maximum atomic E-state index is 11.9. The zero-order valence-corrected chi connectivity index (χ0v) is 15.5. The molecule has 25 heavy (non-hydrogen) atoms. The van der Waals surface area contributed by atoms with E-state index in [4.69, 9.17) is 4.74 Å². The Balaban J connectivity index is 1.78. The highest BCUT2D eigenvalue weighted by atomic mass is 16.5. The van der Waals surface area contributed by atoms with E-state index in [0.717, 1.165) is 24.2 Å². The van der Waals surface area contributed by atoms with Crippen LogP contribution < -0.4 is 15.4 Å². The molecule has 1 aromatic carbocycles. The van der Waals surface area contributed by atoms with Crippen molar-refractivity contribution in [2.45, 2.75) is 77.0 Å². The lowest BCUT2D eigenvalue weighted by atomic mass is 9.98. The van der Waals surface area contributed by atoms with Crippen molar-refractivity contribution in [3.8, 4) is 5.75 Å². The number of amides is 2. The van der Waals surface area contributed by atoms with Crippen LogP contribution >= 0.6 is 0 Å². The van der Waals surface area contributed by atoms with Crippen LogP contribution in [0.5, 0.6) is 5.75 Å². The predicted octanol–water partition coefficient (Wildman–Crippen LogP) is 3.75. The minimum Gasteiger partial charge on any atom is -0.490 e. The third-order valence-electron chi connectivity index (χ3n) is 5.10. The molecule has 1 aliphatic rings. The lowest BCUT2D eigenvalue weighted by molar-refractivity contribution is 0.0349. The Bertz CT molecular complexity index is 537. The van der Waals surface area contributed by atoms with Gasteiger partial charge in [0, 0.05) is 13.1 Å². The number of nitrogens with one attached hydrogen (secondary N) is 2. The summed E-state index contributed by atoms with van der Waals surface area (Å²) >= 11 is 0. The first kappa shape index (κ1) is 19.6. The Hall–Kier alpha value is -1.75. The molecule has 1 aliphatic carbocycles. The molecule has 140 valence electrons. The maximum Gasteiger partial charge on any atom is 0.315 e. The minimum atomic E-state index is -0.828.